The summed E-state index contributed by atoms with van der Waals surface area (Å²) in [7, 11) is 0. The fourth-order valence-corrected chi connectivity index (χ4v) is 1.95. The normalized spacial score (nSPS) is 11.2. The minimum Gasteiger partial charge on any atom is -0.409 e. The number of oxime groups is 1. The highest BCUT2D eigenvalue weighted by molar-refractivity contribution is 6.10. The highest BCUT2D eigenvalue weighted by Crippen LogP contribution is 2.19. The van der Waals surface area contributed by atoms with Crippen LogP contribution in [0.3, 0.4) is 0 Å². The Balaban J connectivity index is 2.41. The Morgan fingerprint density at radius 3 is 2.81 bits per heavy atom. The molecular weight excluding hydrogens is 272 g/mol. The molecule has 0 bridgehead atoms. The first kappa shape index (κ1) is 14.3. The van der Waals surface area contributed by atoms with Gasteiger partial charge >= 0.3 is 0 Å². The van der Waals surface area contributed by atoms with Crippen LogP contribution in [-0.4, -0.2) is 21.9 Å². The summed E-state index contributed by atoms with van der Waals surface area (Å²) >= 11 is 0. The number of carbonyl (C=O) groups is 1. The summed E-state index contributed by atoms with van der Waals surface area (Å²) in [6.07, 6.45) is 2.75. The quantitative estimate of drug-likeness (QED) is 0.291. The molecule has 0 aliphatic carbocycles. The van der Waals surface area contributed by atoms with Crippen LogP contribution < -0.4 is 16.5 Å². The van der Waals surface area contributed by atoms with E-state index in [0.29, 0.717) is 11.3 Å². The van der Waals surface area contributed by atoms with Crippen LogP contribution in [0.1, 0.15) is 21.5 Å². The van der Waals surface area contributed by atoms with Crippen LogP contribution in [0.2, 0.25) is 0 Å². The molecule has 1 aromatic heterocycles. The molecule has 2 rings (SSSR count). The number of pyridine rings is 1. The summed E-state index contributed by atoms with van der Waals surface area (Å²) in [5.74, 6) is -0.695. The number of benzene rings is 1. The van der Waals surface area contributed by atoms with Gasteiger partial charge in [0.25, 0.3) is 5.91 Å². The molecule has 0 saturated carbocycles. The number of aromatic amines is 1. The van der Waals surface area contributed by atoms with E-state index in [1.54, 1.807) is 25.1 Å². The fraction of sp³-hybridized carbons (Fsp3) is 0.0714. The van der Waals surface area contributed by atoms with Gasteiger partial charge in [-0.2, -0.15) is 0 Å². The number of anilines is 1. The first-order valence-corrected chi connectivity index (χ1v) is 6.10. The summed E-state index contributed by atoms with van der Waals surface area (Å²) in [6.45, 7) is 1.76. The lowest BCUT2D eigenvalue weighted by Crippen LogP contribution is -2.24. The van der Waals surface area contributed by atoms with E-state index in [0.717, 1.165) is 5.56 Å². The van der Waals surface area contributed by atoms with Gasteiger partial charge in [-0.3, -0.25) is 9.59 Å². The van der Waals surface area contributed by atoms with E-state index in [2.05, 4.69) is 15.5 Å². The van der Waals surface area contributed by atoms with Crippen molar-refractivity contribution in [2.45, 2.75) is 6.92 Å². The number of rotatable bonds is 3. The molecule has 0 radical (unpaired) electrons. The van der Waals surface area contributed by atoms with E-state index in [1.165, 1.54) is 18.5 Å². The van der Waals surface area contributed by atoms with Crippen LogP contribution in [0.4, 0.5) is 5.69 Å². The van der Waals surface area contributed by atoms with E-state index >= 15 is 0 Å². The third kappa shape index (κ3) is 2.92. The zero-order valence-electron chi connectivity index (χ0n) is 11.3. The van der Waals surface area contributed by atoms with Gasteiger partial charge in [-0.1, -0.05) is 17.3 Å². The summed E-state index contributed by atoms with van der Waals surface area (Å²) < 4.78 is 0. The third-order valence-corrected chi connectivity index (χ3v) is 2.95. The maximum absolute atomic E-state index is 12.1. The smallest absolute Gasteiger partial charge is 0.261 e. The highest BCUT2D eigenvalue weighted by atomic mass is 16.4. The molecule has 7 heteroatoms. The van der Waals surface area contributed by atoms with Crippen molar-refractivity contribution in [1.82, 2.24) is 4.98 Å². The van der Waals surface area contributed by atoms with Crippen molar-refractivity contribution in [3.8, 4) is 0 Å². The number of nitrogens with zero attached hydrogens (tertiary/aromatic N) is 1. The van der Waals surface area contributed by atoms with Crippen molar-refractivity contribution in [3.63, 3.8) is 0 Å². The van der Waals surface area contributed by atoms with E-state index in [-0.39, 0.29) is 11.4 Å². The molecule has 7 nitrogen and oxygen atoms in total. The monoisotopic (exact) mass is 286 g/mol. The highest BCUT2D eigenvalue weighted by Gasteiger charge is 2.15. The van der Waals surface area contributed by atoms with Crippen LogP contribution in [0.15, 0.2) is 46.6 Å². The van der Waals surface area contributed by atoms with Gasteiger partial charge in [0.05, 0.1) is 5.69 Å². The molecule has 1 heterocycles. The molecule has 0 atom stereocenters. The van der Waals surface area contributed by atoms with Gasteiger partial charge in [0.15, 0.2) is 11.3 Å². The predicted octanol–water partition coefficient (Wildman–Crippen LogP) is 1.03. The zero-order valence-corrected chi connectivity index (χ0v) is 11.3. The van der Waals surface area contributed by atoms with Crippen molar-refractivity contribution in [2.24, 2.45) is 10.9 Å². The lowest BCUT2D eigenvalue weighted by molar-refractivity contribution is 0.102. The fourth-order valence-electron chi connectivity index (χ4n) is 1.95. The number of aromatic nitrogens is 1. The third-order valence-electron chi connectivity index (χ3n) is 2.95. The number of hydrogen-bond acceptors (Lipinski definition) is 4. The first-order chi connectivity index (χ1) is 10.0. The first-order valence-electron chi connectivity index (χ1n) is 6.10. The topological polar surface area (TPSA) is 121 Å². The Morgan fingerprint density at radius 1 is 1.38 bits per heavy atom. The Labute approximate surface area is 120 Å². The van der Waals surface area contributed by atoms with Gasteiger partial charge in [0.2, 0.25) is 0 Å². The molecule has 1 aromatic carbocycles. The standard InChI is InChI=1S/C14H14N4O3/c1-8-3-2-4-10(12(8)13(15)18-21)17-14(20)9-7-16-6-5-11(9)19/h2-7,21H,1H3,(H2,15,18)(H,16,19)(H,17,20). The minimum absolute atomic E-state index is 0.0236. The van der Waals surface area contributed by atoms with Crippen molar-refractivity contribution in [2.75, 3.05) is 5.32 Å². The number of H-pyrrole nitrogens is 1. The molecule has 0 aliphatic rings. The van der Waals surface area contributed by atoms with Crippen LogP contribution in [0.25, 0.3) is 0 Å². The van der Waals surface area contributed by atoms with Crippen molar-refractivity contribution < 1.29 is 10.0 Å². The summed E-state index contributed by atoms with van der Waals surface area (Å²) in [5.41, 5.74) is 6.69. The molecule has 0 spiro atoms. The maximum Gasteiger partial charge on any atom is 0.261 e. The molecule has 1 amide bonds. The molecule has 21 heavy (non-hydrogen) atoms. The number of amidine groups is 1. The number of nitrogens with two attached hydrogens (primary N) is 1. The number of hydrogen-bond donors (Lipinski definition) is 4. The molecule has 108 valence electrons. The second-order valence-electron chi connectivity index (χ2n) is 4.36. The maximum atomic E-state index is 12.1. The molecule has 0 aliphatic heterocycles. The second kappa shape index (κ2) is 5.91. The largest absolute Gasteiger partial charge is 0.409 e. The van der Waals surface area contributed by atoms with E-state index in [9.17, 15) is 9.59 Å². The van der Waals surface area contributed by atoms with E-state index < -0.39 is 11.3 Å². The molecule has 2 aromatic rings. The van der Waals surface area contributed by atoms with Gasteiger partial charge < -0.3 is 21.2 Å². The average Bonchev–Trinajstić information content (AvgIpc) is 2.47. The SMILES string of the molecule is Cc1cccc(NC(=O)c2c[nH]ccc2=O)c1/C(N)=N/O. The van der Waals surface area contributed by atoms with Gasteiger partial charge in [-0.05, 0) is 18.6 Å². The Morgan fingerprint density at radius 2 is 2.14 bits per heavy atom. The molecular formula is C14H14N4O3. The van der Waals surface area contributed by atoms with Gasteiger partial charge in [0, 0.05) is 24.0 Å². The summed E-state index contributed by atoms with van der Waals surface area (Å²) in [5, 5.41) is 14.4. The van der Waals surface area contributed by atoms with Crippen molar-refractivity contribution in [3.05, 3.63) is 63.6 Å². The predicted molar refractivity (Wildman–Crippen MR) is 78.7 cm³/mol. The Bertz CT molecular complexity index is 765. The van der Waals surface area contributed by atoms with Crippen molar-refractivity contribution in [1.29, 1.82) is 0 Å². The molecule has 0 fully saturated rings. The number of aryl methyl sites for hydroxylation is 1. The summed E-state index contributed by atoms with van der Waals surface area (Å²) in [6, 6.07) is 6.34. The van der Waals surface area contributed by atoms with Crippen LogP contribution in [0, 0.1) is 6.92 Å². The van der Waals surface area contributed by atoms with Gasteiger partial charge in [0.1, 0.15) is 5.56 Å². The number of nitrogens with one attached hydrogen (secondary N) is 2. The van der Waals surface area contributed by atoms with Crippen molar-refractivity contribution >= 4 is 17.4 Å². The zero-order chi connectivity index (χ0) is 15.4. The Kier molecular flexibility index (Phi) is 4.03. The lowest BCUT2D eigenvalue weighted by atomic mass is 10.1. The van der Waals surface area contributed by atoms with Gasteiger partial charge in [-0.25, -0.2) is 0 Å². The molecule has 5 N–H and O–H groups in total. The van der Waals surface area contributed by atoms with E-state index in [1.807, 2.05) is 0 Å². The number of carbonyl (C=O) groups excluding carboxylic acids is 1. The second-order valence-corrected chi connectivity index (χ2v) is 4.36. The number of amides is 1. The lowest BCUT2D eigenvalue weighted by Gasteiger charge is -2.12. The minimum atomic E-state index is -0.575. The molecule has 0 unspecified atom stereocenters. The van der Waals surface area contributed by atoms with Gasteiger partial charge in [-0.15, -0.1) is 0 Å². The van der Waals surface area contributed by atoms with Crippen LogP contribution in [0.5, 0.6) is 0 Å². The molecule has 0 saturated heterocycles. The Hall–Kier alpha value is -3.09. The average molecular weight is 286 g/mol. The van der Waals surface area contributed by atoms with Crippen LogP contribution >= 0.6 is 0 Å². The van der Waals surface area contributed by atoms with Crippen LogP contribution in [-0.2, 0) is 0 Å². The van der Waals surface area contributed by atoms with E-state index in [4.69, 9.17) is 10.9 Å². The summed E-state index contributed by atoms with van der Waals surface area (Å²) in [4.78, 5) is 26.4.